The summed E-state index contributed by atoms with van der Waals surface area (Å²) in [6, 6.07) is -0.143. The van der Waals surface area contributed by atoms with Gasteiger partial charge in [-0.05, 0) is 31.6 Å². The van der Waals surface area contributed by atoms with Gasteiger partial charge in [0.15, 0.2) is 0 Å². The maximum Gasteiger partial charge on any atom is 0.329 e. The summed E-state index contributed by atoms with van der Waals surface area (Å²) in [7, 11) is 0. The number of piperidine rings is 1. The molecule has 1 saturated carbocycles. The molecule has 0 spiro atoms. The fourth-order valence-electron chi connectivity index (χ4n) is 3.34. The van der Waals surface area contributed by atoms with Crippen molar-refractivity contribution in [2.75, 3.05) is 19.8 Å². The third kappa shape index (κ3) is 4.42. The van der Waals surface area contributed by atoms with Crippen molar-refractivity contribution in [1.29, 1.82) is 0 Å². The van der Waals surface area contributed by atoms with Crippen molar-refractivity contribution in [2.45, 2.75) is 44.6 Å². The molecule has 2 rings (SSSR count). The second-order valence-electron chi connectivity index (χ2n) is 5.69. The molecule has 1 aliphatic carbocycles. The van der Waals surface area contributed by atoms with Crippen LogP contribution in [0.5, 0.6) is 0 Å². The summed E-state index contributed by atoms with van der Waals surface area (Å²) in [6.45, 7) is -0.285. The fourth-order valence-corrected chi connectivity index (χ4v) is 3.34. The third-order valence-electron chi connectivity index (χ3n) is 4.21. The predicted molar refractivity (Wildman–Crippen MR) is 73.7 cm³/mol. The zero-order chi connectivity index (χ0) is 15.2. The van der Waals surface area contributed by atoms with Crippen molar-refractivity contribution in [3.8, 4) is 0 Å². The highest BCUT2D eigenvalue weighted by molar-refractivity contribution is 5.95. The van der Waals surface area contributed by atoms with Gasteiger partial charge in [-0.1, -0.05) is 12.8 Å². The highest BCUT2D eigenvalue weighted by atomic mass is 16.5. The second-order valence-corrected chi connectivity index (χ2v) is 5.69. The smallest absolute Gasteiger partial charge is 0.329 e. The first-order valence-electron chi connectivity index (χ1n) is 7.48. The minimum atomic E-state index is -1.14. The molecular weight excluding hydrogens is 276 g/mol. The number of nitrogens with one attached hydrogen (secondary N) is 1. The molecule has 21 heavy (non-hydrogen) atoms. The van der Waals surface area contributed by atoms with E-state index in [0.29, 0.717) is 12.5 Å². The van der Waals surface area contributed by atoms with Crippen molar-refractivity contribution < 1.29 is 24.2 Å². The highest BCUT2D eigenvalue weighted by Crippen LogP contribution is 2.35. The summed E-state index contributed by atoms with van der Waals surface area (Å²) in [5.41, 5.74) is 0. The van der Waals surface area contributed by atoms with Gasteiger partial charge in [-0.25, -0.2) is 9.59 Å². The van der Waals surface area contributed by atoms with E-state index in [1.807, 2.05) is 0 Å². The lowest BCUT2D eigenvalue weighted by Crippen LogP contribution is -2.54. The summed E-state index contributed by atoms with van der Waals surface area (Å²) in [5.74, 6) is -1.19. The molecule has 0 aromatic rings. The Morgan fingerprint density at radius 2 is 1.81 bits per heavy atom. The number of hydrogen-bond acceptors (Lipinski definition) is 4. The lowest BCUT2D eigenvalue weighted by molar-refractivity contribution is -0.143. The van der Waals surface area contributed by atoms with Crippen LogP contribution < -0.4 is 5.32 Å². The quantitative estimate of drug-likeness (QED) is 0.806. The van der Waals surface area contributed by atoms with Crippen molar-refractivity contribution >= 4 is 17.9 Å². The summed E-state index contributed by atoms with van der Waals surface area (Å²) in [5, 5.41) is 10.7. The number of hydrogen-bond donors (Lipinski definition) is 2. The number of ether oxygens (including phenoxy) is 1. The van der Waals surface area contributed by atoms with Crippen molar-refractivity contribution in [3.63, 3.8) is 0 Å². The van der Waals surface area contributed by atoms with Gasteiger partial charge in [-0.3, -0.25) is 10.1 Å². The number of fused-ring (bicyclic) bond motifs is 1. The lowest BCUT2D eigenvalue weighted by Gasteiger charge is -2.43. The Balaban J connectivity index is 1.81. The number of amides is 3. The van der Waals surface area contributed by atoms with Crippen LogP contribution in [0.4, 0.5) is 4.79 Å². The topological polar surface area (TPSA) is 95.9 Å². The van der Waals surface area contributed by atoms with Gasteiger partial charge in [0.25, 0.3) is 5.91 Å². The van der Waals surface area contributed by atoms with Gasteiger partial charge in [0.2, 0.25) is 0 Å². The van der Waals surface area contributed by atoms with Crippen LogP contribution in [0.2, 0.25) is 0 Å². The number of imide groups is 1. The van der Waals surface area contributed by atoms with Gasteiger partial charge >= 0.3 is 12.0 Å². The van der Waals surface area contributed by atoms with Gasteiger partial charge in [-0.2, -0.15) is 0 Å². The third-order valence-corrected chi connectivity index (χ3v) is 4.21. The van der Waals surface area contributed by atoms with Crippen LogP contribution in [0.25, 0.3) is 0 Å². The Labute approximate surface area is 123 Å². The summed E-state index contributed by atoms with van der Waals surface area (Å²) in [4.78, 5) is 35.8. The first kappa shape index (κ1) is 15.8. The number of aliphatic carboxylic acids is 1. The normalized spacial score (nSPS) is 25.0. The van der Waals surface area contributed by atoms with Gasteiger partial charge in [-0.15, -0.1) is 0 Å². The van der Waals surface area contributed by atoms with Crippen molar-refractivity contribution in [3.05, 3.63) is 0 Å². The van der Waals surface area contributed by atoms with E-state index in [-0.39, 0.29) is 12.1 Å². The SMILES string of the molecule is O=C(O)COCC(=O)NC(=O)N1CCCC2CCCCC21. The Morgan fingerprint density at radius 1 is 1.10 bits per heavy atom. The van der Waals surface area contributed by atoms with Crippen LogP contribution in [0.1, 0.15) is 38.5 Å². The molecule has 0 bridgehead atoms. The summed E-state index contributed by atoms with van der Waals surface area (Å²) in [6.07, 6.45) is 6.63. The molecule has 118 valence electrons. The molecule has 0 radical (unpaired) electrons. The Bertz CT molecular complexity index is 410. The number of nitrogens with zero attached hydrogens (tertiary/aromatic N) is 1. The van der Waals surface area contributed by atoms with Gasteiger partial charge in [0.1, 0.15) is 13.2 Å². The van der Waals surface area contributed by atoms with Crippen molar-refractivity contribution in [1.82, 2.24) is 10.2 Å². The summed E-state index contributed by atoms with van der Waals surface area (Å²) < 4.78 is 4.67. The van der Waals surface area contributed by atoms with Gasteiger partial charge in [0.05, 0.1) is 0 Å². The number of carbonyl (C=O) groups excluding carboxylic acids is 2. The molecule has 2 unspecified atom stereocenters. The van der Waals surface area contributed by atoms with Crippen LogP contribution in [-0.4, -0.2) is 53.7 Å². The van der Waals surface area contributed by atoms with Crippen LogP contribution >= 0.6 is 0 Å². The Hall–Kier alpha value is -1.63. The number of urea groups is 1. The maximum absolute atomic E-state index is 12.2. The second kappa shape index (κ2) is 7.40. The minimum Gasteiger partial charge on any atom is -0.480 e. The molecule has 0 aromatic carbocycles. The number of carbonyl (C=O) groups is 3. The molecule has 2 aliphatic rings. The largest absolute Gasteiger partial charge is 0.480 e. The van der Waals surface area contributed by atoms with E-state index in [0.717, 1.165) is 32.1 Å². The van der Waals surface area contributed by atoms with Gasteiger partial charge < -0.3 is 14.7 Å². The van der Waals surface area contributed by atoms with E-state index in [2.05, 4.69) is 10.1 Å². The van der Waals surface area contributed by atoms with Crippen LogP contribution in [0.3, 0.4) is 0 Å². The average Bonchev–Trinajstić information content (AvgIpc) is 2.46. The molecule has 2 N–H and O–H groups in total. The maximum atomic E-state index is 12.2. The van der Waals surface area contributed by atoms with Crippen LogP contribution in [0.15, 0.2) is 0 Å². The zero-order valence-corrected chi connectivity index (χ0v) is 12.0. The molecule has 1 saturated heterocycles. The molecule has 2 fully saturated rings. The first-order valence-corrected chi connectivity index (χ1v) is 7.48. The molecule has 7 nitrogen and oxygen atoms in total. The van der Waals surface area contributed by atoms with E-state index in [1.54, 1.807) is 4.90 Å². The van der Waals surface area contributed by atoms with E-state index >= 15 is 0 Å². The van der Waals surface area contributed by atoms with Crippen LogP contribution in [-0.2, 0) is 14.3 Å². The minimum absolute atomic E-state index is 0.236. The van der Waals surface area contributed by atoms with E-state index in [1.165, 1.54) is 6.42 Å². The Kier molecular flexibility index (Phi) is 5.55. The number of carboxylic acids is 1. The first-order chi connectivity index (χ1) is 10.1. The van der Waals surface area contributed by atoms with Crippen molar-refractivity contribution in [2.24, 2.45) is 5.92 Å². The van der Waals surface area contributed by atoms with Gasteiger partial charge in [0, 0.05) is 12.6 Å². The average molecular weight is 298 g/mol. The lowest BCUT2D eigenvalue weighted by atomic mass is 9.78. The van der Waals surface area contributed by atoms with E-state index in [9.17, 15) is 14.4 Å². The molecule has 1 aliphatic heterocycles. The number of likely N-dealkylation sites (tertiary alicyclic amines) is 1. The number of carboxylic acid groups (broad SMARTS) is 1. The molecule has 7 heteroatoms. The molecule has 3 amide bonds. The molecule has 1 heterocycles. The summed E-state index contributed by atoms with van der Waals surface area (Å²) >= 11 is 0. The zero-order valence-electron chi connectivity index (χ0n) is 12.0. The monoisotopic (exact) mass is 298 g/mol. The number of rotatable bonds is 4. The molecule has 0 aromatic heterocycles. The Morgan fingerprint density at radius 3 is 2.57 bits per heavy atom. The predicted octanol–water partition coefficient (Wildman–Crippen LogP) is 0.978. The molecular formula is C14H22N2O5. The van der Waals surface area contributed by atoms with E-state index < -0.39 is 25.1 Å². The highest BCUT2D eigenvalue weighted by Gasteiger charge is 2.36. The molecule has 2 atom stereocenters. The fraction of sp³-hybridized carbons (Fsp3) is 0.786. The standard InChI is InChI=1S/C14H22N2O5/c17-12(8-21-9-13(18)19)15-14(20)16-7-3-5-10-4-1-2-6-11(10)16/h10-11H,1-9H2,(H,18,19)(H,15,17,20). The van der Waals surface area contributed by atoms with E-state index in [4.69, 9.17) is 5.11 Å². The van der Waals surface area contributed by atoms with Crippen LogP contribution in [0, 0.1) is 5.92 Å².